The molecule has 126 valence electrons. The van der Waals surface area contributed by atoms with E-state index < -0.39 is 5.97 Å². The summed E-state index contributed by atoms with van der Waals surface area (Å²) in [6, 6.07) is 0. The fraction of sp³-hybridized carbons (Fsp3) is 0.650. The van der Waals surface area contributed by atoms with Gasteiger partial charge in [0.15, 0.2) is 0 Å². The van der Waals surface area contributed by atoms with Crippen LogP contribution in [0.1, 0.15) is 84.0 Å². The SMILES string of the molecule is CCCCC/C=C\C/C=C\C/C=C\CCCCCCC(=O)[O-].[Li+]. The molecule has 0 aliphatic carbocycles. The Morgan fingerprint density at radius 3 is 1.74 bits per heavy atom. The van der Waals surface area contributed by atoms with Crippen molar-refractivity contribution in [3.8, 4) is 0 Å². The summed E-state index contributed by atoms with van der Waals surface area (Å²) in [6.45, 7) is 2.23. The third kappa shape index (κ3) is 23.7. The van der Waals surface area contributed by atoms with Crippen LogP contribution in [0.2, 0.25) is 0 Å². The molecule has 0 heterocycles. The minimum atomic E-state index is -0.928. The van der Waals surface area contributed by atoms with Crippen LogP contribution in [0.5, 0.6) is 0 Å². The summed E-state index contributed by atoms with van der Waals surface area (Å²) in [5.41, 5.74) is 0. The first-order chi connectivity index (χ1) is 10.8. The van der Waals surface area contributed by atoms with Gasteiger partial charge in [-0.3, -0.25) is 0 Å². The van der Waals surface area contributed by atoms with Crippen molar-refractivity contribution in [1.82, 2.24) is 0 Å². The summed E-state index contributed by atoms with van der Waals surface area (Å²) in [7, 11) is 0. The van der Waals surface area contributed by atoms with E-state index in [-0.39, 0.29) is 25.3 Å². The largest absolute Gasteiger partial charge is 1.00 e. The Morgan fingerprint density at radius 1 is 0.739 bits per heavy atom. The Morgan fingerprint density at radius 2 is 1.22 bits per heavy atom. The zero-order chi connectivity index (χ0) is 16.3. The monoisotopic (exact) mass is 312 g/mol. The summed E-state index contributed by atoms with van der Waals surface area (Å²) in [4.78, 5) is 10.2. The first-order valence-electron chi connectivity index (χ1n) is 8.92. The summed E-state index contributed by atoms with van der Waals surface area (Å²) in [5.74, 6) is -0.928. The first-order valence-corrected chi connectivity index (χ1v) is 8.92. The van der Waals surface area contributed by atoms with E-state index >= 15 is 0 Å². The second kappa shape index (κ2) is 21.3. The number of hydrogen-bond donors (Lipinski definition) is 0. The Kier molecular flexibility index (Phi) is 22.7. The van der Waals surface area contributed by atoms with Crippen molar-refractivity contribution in [2.24, 2.45) is 0 Å². The molecule has 0 saturated heterocycles. The quantitative estimate of drug-likeness (QED) is 0.264. The van der Waals surface area contributed by atoms with Gasteiger partial charge in [0.05, 0.1) is 0 Å². The van der Waals surface area contributed by atoms with Gasteiger partial charge in [-0.2, -0.15) is 0 Å². The van der Waals surface area contributed by atoms with Crippen LogP contribution in [0.3, 0.4) is 0 Å². The molecule has 0 bridgehead atoms. The van der Waals surface area contributed by atoms with E-state index in [2.05, 4.69) is 43.4 Å². The number of unbranched alkanes of at least 4 members (excludes halogenated alkanes) is 7. The number of hydrogen-bond acceptors (Lipinski definition) is 2. The van der Waals surface area contributed by atoms with E-state index in [1.807, 2.05) is 0 Å². The number of carboxylic acids is 1. The second-order valence-electron chi connectivity index (χ2n) is 5.71. The number of carbonyl (C=O) groups is 1. The van der Waals surface area contributed by atoms with E-state index in [1.54, 1.807) is 0 Å². The number of allylic oxidation sites excluding steroid dienone is 6. The van der Waals surface area contributed by atoms with Crippen LogP contribution in [-0.2, 0) is 4.79 Å². The van der Waals surface area contributed by atoms with Gasteiger partial charge in [-0.25, -0.2) is 0 Å². The van der Waals surface area contributed by atoms with Gasteiger partial charge in [0.25, 0.3) is 0 Å². The molecular weight excluding hydrogens is 279 g/mol. The van der Waals surface area contributed by atoms with Crippen molar-refractivity contribution in [2.75, 3.05) is 0 Å². The molecule has 0 aromatic heterocycles. The molecule has 0 aliphatic rings. The second-order valence-corrected chi connectivity index (χ2v) is 5.71. The van der Waals surface area contributed by atoms with Gasteiger partial charge in [0, 0.05) is 5.97 Å². The minimum absolute atomic E-state index is 0. The maximum Gasteiger partial charge on any atom is 1.00 e. The average molecular weight is 312 g/mol. The van der Waals surface area contributed by atoms with Crippen LogP contribution in [-0.4, -0.2) is 5.97 Å². The number of rotatable bonds is 15. The predicted molar refractivity (Wildman–Crippen MR) is 93.5 cm³/mol. The normalized spacial score (nSPS) is 11.5. The summed E-state index contributed by atoms with van der Waals surface area (Å²) in [6.07, 6.45) is 25.9. The smallest absolute Gasteiger partial charge is 0.550 e. The first kappa shape index (κ1) is 24.5. The van der Waals surface area contributed by atoms with Gasteiger partial charge < -0.3 is 9.90 Å². The standard InChI is InChI=1S/C20H34O2.Li/c1-2-3-4-5-6-7-8-9-10-11-12-13-14-15-16-17-18-19-20(21)22;/h6-7,9-10,12-13H,2-5,8,11,14-19H2,1H3,(H,21,22);/q;+1/p-1/b7-6-,10-9-,13-12-;. The molecule has 0 fully saturated rings. The summed E-state index contributed by atoms with van der Waals surface area (Å²) in [5, 5.41) is 10.2. The van der Waals surface area contributed by atoms with Crippen molar-refractivity contribution < 1.29 is 28.8 Å². The van der Waals surface area contributed by atoms with Crippen molar-refractivity contribution in [1.29, 1.82) is 0 Å². The Bertz CT molecular complexity index is 333. The van der Waals surface area contributed by atoms with Crippen molar-refractivity contribution in [3.05, 3.63) is 36.5 Å². The topological polar surface area (TPSA) is 40.1 Å². The molecule has 0 aromatic carbocycles. The van der Waals surface area contributed by atoms with Gasteiger partial charge in [0.2, 0.25) is 0 Å². The predicted octanol–water partition coefficient (Wildman–Crippen LogP) is 2.11. The van der Waals surface area contributed by atoms with Crippen LogP contribution >= 0.6 is 0 Å². The molecular formula is C20H33LiO2. The molecule has 0 aromatic rings. The molecule has 0 aliphatic heterocycles. The van der Waals surface area contributed by atoms with E-state index in [0.717, 1.165) is 44.9 Å². The molecule has 2 nitrogen and oxygen atoms in total. The average Bonchev–Trinajstić information content (AvgIpc) is 2.50. The van der Waals surface area contributed by atoms with Crippen LogP contribution < -0.4 is 24.0 Å². The van der Waals surface area contributed by atoms with Gasteiger partial charge in [0.1, 0.15) is 0 Å². The molecule has 0 atom stereocenters. The number of aliphatic carboxylic acids is 1. The summed E-state index contributed by atoms with van der Waals surface area (Å²) < 4.78 is 0. The Labute approximate surface area is 155 Å². The maximum absolute atomic E-state index is 10.2. The number of carboxylic acid groups (broad SMARTS) is 1. The van der Waals surface area contributed by atoms with E-state index in [0.29, 0.717) is 0 Å². The Hall–Kier alpha value is -0.713. The maximum atomic E-state index is 10.2. The zero-order valence-electron chi connectivity index (χ0n) is 15.3. The van der Waals surface area contributed by atoms with Crippen molar-refractivity contribution in [3.63, 3.8) is 0 Å². The fourth-order valence-electron chi connectivity index (χ4n) is 2.18. The van der Waals surface area contributed by atoms with Gasteiger partial charge in [-0.1, -0.05) is 69.1 Å². The molecule has 3 heteroatoms. The summed E-state index contributed by atoms with van der Waals surface area (Å²) >= 11 is 0. The molecule has 0 saturated carbocycles. The fourth-order valence-corrected chi connectivity index (χ4v) is 2.18. The van der Waals surface area contributed by atoms with Crippen LogP contribution in [0.25, 0.3) is 0 Å². The van der Waals surface area contributed by atoms with E-state index in [9.17, 15) is 9.90 Å². The molecule has 0 radical (unpaired) electrons. The third-order valence-corrected chi connectivity index (χ3v) is 3.52. The third-order valence-electron chi connectivity index (χ3n) is 3.52. The van der Waals surface area contributed by atoms with Crippen molar-refractivity contribution >= 4 is 5.97 Å². The van der Waals surface area contributed by atoms with Gasteiger partial charge in [-0.15, -0.1) is 0 Å². The van der Waals surface area contributed by atoms with Gasteiger partial charge in [-0.05, 0) is 51.4 Å². The minimum Gasteiger partial charge on any atom is -0.550 e. The molecule has 0 spiro atoms. The molecule has 23 heavy (non-hydrogen) atoms. The van der Waals surface area contributed by atoms with Gasteiger partial charge >= 0.3 is 18.9 Å². The van der Waals surface area contributed by atoms with Crippen LogP contribution in [0.15, 0.2) is 36.5 Å². The Balaban J connectivity index is 0. The molecule has 0 N–H and O–H groups in total. The van der Waals surface area contributed by atoms with Crippen LogP contribution in [0, 0.1) is 0 Å². The molecule has 0 amide bonds. The van der Waals surface area contributed by atoms with Crippen molar-refractivity contribution in [2.45, 2.75) is 84.0 Å². The molecule has 0 rings (SSSR count). The molecule has 0 unspecified atom stereocenters. The van der Waals surface area contributed by atoms with Crippen LogP contribution in [0.4, 0.5) is 0 Å². The number of carbonyl (C=O) groups excluding carboxylic acids is 1. The van der Waals surface area contributed by atoms with E-state index in [1.165, 1.54) is 25.7 Å². The zero-order valence-corrected chi connectivity index (χ0v) is 15.3. The van der Waals surface area contributed by atoms with E-state index in [4.69, 9.17) is 0 Å².